The Kier molecular flexibility index (Phi) is 2.37. The van der Waals surface area contributed by atoms with Gasteiger partial charge in [0.15, 0.2) is 5.78 Å². The first-order valence-electron chi connectivity index (χ1n) is 4.44. The predicted octanol–water partition coefficient (Wildman–Crippen LogP) is 0.114. The number of carbonyl (C=O) groups excluding carboxylic acids is 3. The van der Waals surface area contributed by atoms with Gasteiger partial charge < -0.3 is 9.47 Å². The fourth-order valence-electron chi connectivity index (χ4n) is 1.40. The molecule has 1 aliphatic carbocycles. The van der Waals surface area contributed by atoms with Crippen LogP contribution < -0.4 is 0 Å². The molecule has 1 aliphatic heterocycles. The van der Waals surface area contributed by atoms with Crippen LogP contribution in [0.5, 0.6) is 0 Å². The Hall–Kier alpha value is -1.91. The molecule has 1 fully saturated rings. The van der Waals surface area contributed by atoms with E-state index in [1.165, 1.54) is 6.08 Å². The van der Waals surface area contributed by atoms with Gasteiger partial charge in [-0.2, -0.15) is 0 Å². The van der Waals surface area contributed by atoms with Crippen molar-refractivity contribution >= 4 is 17.7 Å². The van der Waals surface area contributed by atoms with E-state index in [9.17, 15) is 14.4 Å². The summed E-state index contributed by atoms with van der Waals surface area (Å²) >= 11 is 0. The van der Waals surface area contributed by atoms with E-state index < -0.39 is 30.6 Å². The minimum Gasteiger partial charge on any atom is -0.424 e. The van der Waals surface area contributed by atoms with Crippen molar-refractivity contribution in [2.24, 2.45) is 5.92 Å². The van der Waals surface area contributed by atoms with Crippen LogP contribution in [0.4, 0.5) is 0 Å². The zero-order valence-electron chi connectivity index (χ0n) is 7.71. The maximum atomic E-state index is 11.4. The van der Waals surface area contributed by atoms with E-state index in [4.69, 9.17) is 9.47 Å². The van der Waals surface area contributed by atoms with Crippen molar-refractivity contribution in [2.75, 3.05) is 0 Å². The van der Waals surface area contributed by atoms with Crippen molar-refractivity contribution in [3.8, 4) is 0 Å². The lowest BCUT2D eigenvalue weighted by Gasteiger charge is -2.26. The predicted molar refractivity (Wildman–Crippen MR) is 47.4 cm³/mol. The molecule has 15 heavy (non-hydrogen) atoms. The molecular formula is C10H8O5. The third-order valence-corrected chi connectivity index (χ3v) is 2.10. The van der Waals surface area contributed by atoms with Crippen molar-refractivity contribution in [3.63, 3.8) is 0 Å². The van der Waals surface area contributed by atoms with E-state index in [1.807, 2.05) is 0 Å². The molecule has 2 aliphatic rings. The van der Waals surface area contributed by atoms with E-state index in [1.54, 1.807) is 18.2 Å². The van der Waals surface area contributed by atoms with Crippen LogP contribution in [-0.2, 0) is 23.9 Å². The Balaban J connectivity index is 2.13. The Labute approximate surface area is 85.3 Å². The molecule has 2 rings (SSSR count). The standard InChI is InChI=1S/C10H8O5/c11-7-4-2-1-3-6(7)10-14-8(12)5-9(13)15-10/h1-4,6,10H,5H2. The molecule has 78 valence electrons. The van der Waals surface area contributed by atoms with E-state index >= 15 is 0 Å². The van der Waals surface area contributed by atoms with E-state index in [0.29, 0.717) is 0 Å². The number of hydrogen-bond donors (Lipinski definition) is 0. The van der Waals surface area contributed by atoms with Crippen molar-refractivity contribution in [1.82, 2.24) is 0 Å². The topological polar surface area (TPSA) is 69.7 Å². The first-order valence-corrected chi connectivity index (χ1v) is 4.44. The van der Waals surface area contributed by atoms with Gasteiger partial charge in [0.1, 0.15) is 12.3 Å². The Morgan fingerprint density at radius 1 is 1.07 bits per heavy atom. The van der Waals surface area contributed by atoms with Gasteiger partial charge in [0, 0.05) is 0 Å². The molecule has 0 aromatic rings. The van der Waals surface area contributed by atoms with Crippen LogP contribution in [0, 0.1) is 5.92 Å². The maximum absolute atomic E-state index is 11.4. The number of ether oxygens (including phenoxy) is 2. The molecule has 5 heteroatoms. The second-order valence-electron chi connectivity index (χ2n) is 3.20. The lowest BCUT2D eigenvalue weighted by atomic mass is 9.98. The van der Waals surface area contributed by atoms with Crippen molar-refractivity contribution in [1.29, 1.82) is 0 Å². The van der Waals surface area contributed by atoms with Gasteiger partial charge in [-0.15, -0.1) is 0 Å². The van der Waals surface area contributed by atoms with Gasteiger partial charge in [-0.25, -0.2) is 0 Å². The summed E-state index contributed by atoms with van der Waals surface area (Å²) in [6, 6.07) is 0. The summed E-state index contributed by atoms with van der Waals surface area (Å²) in [6.07, 6.45) is 4.59. The number of esters is 2. The maximum Gasteiger partial charge on any atom is 0.320 e. The Morgan fingerprint density at radius 3 is 2.33 bits per heavy atom. The van der Waals surface area contributed by atoms with Crippen LogP contribution in [0.1, 0.15) is 6.42 Å². The normalized spacial score (nSPS) is 26.4. The van der Waals surface area contributed by atoms with Gasteiger partial charge in [0.05, 0.1) is 0 Å². The monoisotopic (exact) mass is 208 g/mol. The van der Waals surface area contributed by atoms with Crippen LogP contribution in [-0.4, -0.2) is 24.0 Å². The molecule has 1 atom stereocenters. The van der Waals surface area contributed by atoms with E-state index in [0.717, 1.165) is 0 Å². The highest BCUT2D eigenvalue weighted by atomic mass is 16.7. The molecule has 0 saturated carbocycles. The van der Waals surface area contributed by atoms with Gasteiger partial charge in [0.2, 0.25) is 0 Å². The van der Waals surface area contributed by atoms with Gasteiger partial charge in [-0.1, -0.05) is 18.2 Å². The first kappa shape index (κ1) is 9.64. The van der Waals surface area contributed by atoms with Gasteiger partial charge in [0.25, 0.3) is 6.29 Å². The van der Waals surface area contributed by atoms with Crippen LogP contribution in [0.25, 0.3) is 0 Å². The lowest BCUT2D eigenvalue weighted by molar-refractivity contribution is -0.208. The molecule has 1 saturated heterocycles. The fourth-order valence-corrected chi connectivity index (χ4v) is 1.40. The second-order valence-corrected chi connectivity index (χ2v) is 3.20. The largest absolute Gasteiger partial charge is 0.424 e. The highest BCUT2D eigenvalue weighted by Gasteiger charge is 2.36. The highest BCUT2D eigenvalue weighted by Crippen LogP contribution is 2.20. The average Bonchev–Trinajstić information content (AvgIpc) is 2.16. The third-order valence-electron chi connectivity index (χ3n) is 2.10. The Bertz CT molecular complexity index is 363. The molecule has 0 aromatic carbocycles. The smallest absolute Gasteiger partial charge is 0.320 e. The summed E-state index contributed by atoms with van der Waals surface area (Å²) in [5.74, 6) is -2.28. The number of ketones is 1. The van der Waals surface area contributed by atoms with Crippen molar-refractivity contribution < 1.29 is 23.9 Å². The average molecular weight is 208 g/mol. The molecule has 0 spiro atoms. The van der Waals surface area contributed by atoms with Crippen LogP contribution >= 0.6 is 0 Å². The SMILES string of the molecule is O=C1CC(=O)OC(C2C=CC=CC2=O)O1. The molecule has 0 bridgehead atoms. The zero-order chi connectivity index (χ0) is 10.8. The van der Waals surface area contributed by atoms with Crippen LogP contribution in [0.3, 0.4) is 0 Å². The molecule has 0 aromatic heterocycles. The number of carbonyl (C=O) groups is 3. The summed E-state index contributed by atoms with van der Waals surface area (Å²) in [6.45, 7) is 0. The van der Waals surface area contributed by atoms with Crippen LogP contribution in [0.2, 0.25) is 0 Å². The quantitative estimate of drug-likeness (QED) is 0.452. The van der Waals surface area contributed by atoms with Crippen LogP contribution in [0.15, 0.2) is 24.3 Å². The van der Waals surface area contributed by atoms with E-state index in [2.05, 4.69) is 0 Å². The number of rotatable bonds is 1. The minimum absolute atomic E-state index is 0.245. The highest BCUT2D eigenvalue weighted by molar-refractivity contribution is 5.97. The summed E-state index contributed by atoms with van der Waals surface area (Å²) in [4.78, 5) is 33.3. The molecular weight excluding hydrogens is 200 g/mol. The molecule has 0 radical (unpaired) electrons. The second kappa shape index (κ2) is 3.68. The van der Waals surface area contributed by atoms with E-state index in [-0.39, 0.29) is 5.78 Å². The molecule has 0 N–H and O–H groups in total. The Morgan fingerprint density at radius 2 is 1.73 bits per heavy atom. The first-order chi connectivity index (χ1) is 7.16. The minimum atomic E-state index is -1.12. The summed E-state index contributed by atoms with van der Waals surface area (Å²) in [5, 5.41) is 0. The van der Waals surface area contributed by atoms with Gasteiger partial charge >= 0.3 is 11.9 Å². The number of hydrogen-bond acceptors (Lipinski definition) is 5. The number of cyclic esters (lactones) is 2. The third kappa shape index (κ3) is 1.96. The van der Waals surface area contributed by atoms with Crippen molar-refractivity contribution in [2.45, 2.75) is 12.7 Å². The summed E-state index contributed by atoms with van der Waals surface area (Å²) < 4.78 is 9.56. The van der Waals surface area contributed by atoms with Crippen molar-refractivity contribution in [3.05, 3.63) is 24.3 Å². The summed E-state index contributed by atoms with van der Waals surface area (Å²) in [5.41, 5.74) is 0. The molecule has 1 heterocycles. The van der Waals surface area contributed by atoms with Gasteiger partial charge in [-0.05, 0) is 6.08 Å². The molecule has 5 nitrogen and oxygen atoms in total. The zero-order valence-corrected chi connectivity index (χ0v) is 7.71. The molecule has 0 amide bonds. The lowest BCUT2D eigenvalue weighted by Crippen LogP contribution is -2.40. The van der Waals surface area contributed by atoms with Gasteiger partial charge in [-0.3, -0.25) is 14.4 Å². The molecule has 1 unspecified atom stereocenters. The fraction of sp³-hybridized carbons (Fsp3) is 0.300. The summed E-state index contributed by atoms with van der Waals surface area (Å²) in [7, 11) is 0. The number of allylic oxidation sites excluding steroid dienone is 3.